The first-order chi connectivity index (χ1) is 6.94. The van der Waals surface area contributed by atoms with Crippen molar-refractivity contribution in [2.75, 3.05) is 18.9 Å². The maximum absolute atomic E-state index is 12.9. The van der Waals surface area contributed by atoms with Gasteiger partial charge in [0.2, 0.25) is 0 Å². The van der Waals surface area contributed by atoms with Crippen molar-refractivity contribution >= 4 is 5.69 Å². The first-order valence-corrected chi connectivity index (χ1v) is 4.82. The molecule has 1 aromatic carbocycles. The van der Waals surface area contributed by atoms with Crippen LogP contribution in [-0.4, -0.2) is 13.2 Å². The number of rotatable bonds is 4. The van der Waals surface area contributed by atoms with Crippen LogP contribution in [0.15, 0.2) is 18.2 Å². The van der Waals surface area contributed by atoms with E-state index in [0.717, 1.165) is 0 Å². The van der Waals surface area contributed by atoms with Crippen molar-refractivity contribution in [1.29, 1.82) is 0 Å². The second-order valence-electron chi connectivity index (χ2n) is 4.34. The van der Waals surface area contributed by atoms with Gasteiger partial charge in [-0.1, -0.05) is 13.8 Å². The van der Waals surface area contributed by atoms with Gasteiger partial charge in [0.1, 0.15) is 11.6 Å². The van der Waals surface area contributed by atoms with Gasteiger partial charge in [0.05, 0.1) is 12.3 Å². The van der Waals surface area contributed by atoms with E-state index in [9.17, 15) is 4.39 Å². The zero-order valence-corrected chi connectivity index (χ0v) is 9.09. The number of anilines is 1. The third-order valence-corrected chi connectivity index (χ3v) is 2.15. The van der Waals surface area contributed by atoms with E-state index < -0.39 is 0 Å². The highest BCUT2D eigenvalue weighted by Crippen LogP contribution is 2.24. The molecule has 15 heavy (non-hydrogen) atoms. The van der Waals surface area contributed by atoms with E-state index in [1.807, 2.05) is 13.8 Å². The van der Waals surface area contributed by atoms with Gasteiger partial charge in [0.15, 0.2) is 0 Å². The van der Waals surface area contributed by atoms with E-state index in [2.05, 4.69) is 0 Å². The Labute approximate surface area is 89.2 Å². The molecular formula is C11H17FN2O. The summed E-state index contributed by atoms with van der Waals surface area (Å²) < 4.78 is 18.3. The summed E-state index contributed by atoms with van der Waals surface area (Å²) in [6.45, 7) is 4.87. The van der Waals surface area contributed by atoms with Gasteiger partial charge in [-0.15, -0.1) is 0 Å². The van der Waals surface area contributed by atoms with Gasteiger partial charge in [0, 0.05) is 18.0 Å². The molecule has 0 fully saturated rings. The molecule has 0 unspecified atom stereocenters. The molecule has 0 aliphatic heterocycles. The Bertz CT molecular complexity index is 339. The Morgan fingerprint density at radius 2 is 2.07 bits per heavy atom. The standard InChI is InChI=1S/C11H17FN2O/c1-11(2,6-13)7-15-10-5-8(12)3-4-9(10)14/h3-5H,6-7,13-14H2,1-2H3. The summed E-state index contributed by atoms with van der Waals surface area (Å²) in [6.07, 6.45) is 0. The van der Waals surface area contributed by atoms with Gasteiger partial charge in [-0.3, -0.25) is 0 Å². The van der Waals surface area contributed by atoms with Crippen LogP contribution in [0, 0.1) is 11.2 Å². The molecule has 0 atom stereocenters. The Morgan fingerprint density at radius 3 is 2.67 bits per heavy atom. The van der Waals surface area contributed by atoms with Crippen LogP contribution in [0.3, 0.4) is 0 Å². The number of nitrogens with two attached hydrogens (primary N) is 2. The van der Waals surface area contributed by atoms with Crippen LogP contribution >= 0.6 is 0 Å². The van der Waals surface area contributed by atoms with E-state index in [-0.39, 0.29) is 11.2 Å². The Morgan fingerprint density at radius 1 is 1.40 bits per heavy atom. The van der Waals surface area contributed by atoms with Crippen LogP contribution in [-0.2, 0) is 0 Å². The second kappa shape index (κ2) is 4.49. The number of halogens is 1. The largest absolute Gasteiger partial charge is 0.491 e. The molecule has 1 rings (SSSR count). The van der Waals surface area contributed by atoms with E-state index >= 15 is 0 Å². The molecule has 0 aliphatic carbocycles. The predicted molar refractivity (Wildman–Crippen MR) is 59.1 cm³/mol. The average Bonchev–Trinajstić information content (AvgIpc) is 2.20. The van der Waals surface area contributed by atoms with Gasteiger partial charge < -0.3 is 16.2 Å². The maximum atomic E-state index is 12.9. The van der Waals surface area contributed by atoms with E-state index in [0.29, 0.717) is 24.6 Å². The number of hydrogen-bond donors (Lipinski definition) is 2. The van der Waals surface area contributed by atoms with Crippen LogP contribution < -0.4 is 16.2 Å². The van der Waals surface area contributed by atoms with Crippen LogP contribution in [0.25, 0.3) is 0 Å². The Balaban J connectivity index is 2.69. The van der Waals surface area contributed by atoms with E-state index in [1.165, 1.54) is 18.2 Å². The molecule has 84 valence electrons. The minimum absolute atomic E-state index is 0.140. The molecule has 0 aliphatic rings. The Hall–Kier alpha value is -1.29. The monoisotopic (exact) mass is 212 g/mol. The molecule has 0 spiro atoms. The SMILES string of the molecule is CC(C)(CN)COc1cc(F)ccc1N. The minimum Gasteiger partial charge on any atom is -0.491 e. The molecule has 0 saturated heterocycles. The zero-order valence-electron chi connectivity index (χ0n) is 9.09. The smallest absolute Gasteiger partial charge is 0.145 e. The van der Waals surface area contributed by atoms with Crippen molar-refractivity contribution in [3.05, 3.63) is 24.0 Å². The first-order valence-electron chi connectivity index (χ1n) is 4.82. The fraction of sp³-hybridized carbons (Fsp3) is 0.455. The predicted octanol–water partition coefficient (Wildman–Crippen LogP) is 1.77. The summed E-state index contributed by atoms with van der Waals surface area (Å²) >= 11 is 0. The lowest BCUT2D eigenvalue weighted by Crippen LogP contribution is -2.30. The molecule has 0 aromatic heterocycles. The summed E-state index contributed by atoms with van der Waals surface area (Å²) in [7, 11) is 0. The quantitative estimate of drug-likeness (QED) is 0.748. The molecule has 3 nitrogen and oxygen atoms in total. The first kappa shape index (κ1) is 11.8. The van der Waals surface area contributed by atoms with Crippen LogP contribution in [0.4, 0.5) is 10.1 Å². The van der Waals surface area contributed by atoms with Crippen molar-refractivity contribution in [3.8, 4) is 5.75 Å². The van der Waals surface area contributed by atoms with Crippen molar-refractivity contribution in [2.24, 2.45) is 11.1 Å². The summed E-state index contributed by atoms with van der Waals surface area (Å²) in [5.74, 6) is 0.0151. The fourth-order valence-corrected chi connectivity index (χ4v) is 0.965. The number of nitrogen functional groups attached to an aromatic ring is 1. The lowest BCUT2D eigenvalue weighted by Gasteiger charge is -2.22. The fourth-order valence-electron chi connectivity index (χ4n) is 0.965. The van der Waals surface area contributed by atoms with Gasteiger partial charge in [-0.2, -0.15) is 0 Å². The van der Waals surface area contributed by atoms with Crippen LogP contribution in [0.2, 0.25) is 0 Å². The van der Waals surface area contributed by atoms with Crippen molar-refractivity contribution in [3.63, 3.8) is 0 Å². The molecule has 0 saturated carbocycles. The van der Waals surface area contributed by atoms with Gasteiger partial charge >= 0.3 is 0 Å². The third kappa shape index (κ3) is 3.40. The molecule has 0 heterocycles. The Kier molecular flexibility index (Phi) is 3.52. The topological polar surface area (TPSA) is 61.3 Å². The normalized spacial score (nSPS) is 11.5. The highest BCUT2D eigenvalue weighted by atomic mass is 19.1. The summed E-state index contributed by atoms with van der Waals surface area (Å²) in [5.41, 5.74) is 11.5. The average molecular weight is 212 g/mol. The lowest BCUT2D eigenvalue weighted by molar-refractivity contribution is 0.187. The molecule has 0 amide bonds. The summed E-state index contributed by atoms with van der Waals surface area (Å²) in [6, 6.07) is 4.07. The number of benzene rings is 1. The van der Waals surface area contributed by atoms with Crippen molar-refractivity contribution in [2.45, 2.75) is 13.8 Å². The third-order valence-electron chi connectivity index (χ3n) is 2.15. The second-order valence-corrected chi connectivity index (χ2v) is 4.34. The molecule has 4 N–H and O–H groups in total. The van der Waals surface area contributed by atoms with E-state index in [1.54, 1.807) is 0 Å². The number of hydrogen-bond acceptors (Lipinski definition) is 3. The summed E-state index contributed by atoms with van der Waals surface area (Å²) in [4.78, 5) is 0. The van der Waals surface area contributed by atoms with Crippen LogP contribution in [0.5, 0.6) is 5.75 Å². The molecular weight excluding hydrogens is 195 g/mol. The van der Waals surface area contributed by atoms with Crippen LogP contribution in [0.1, 0.15) is 13.8 Å². The minimum atomic E-state index is -0.357. The number of ether oxygens (including phenoxy) is 1. The van der Waals surface area contributed by atoms with Crippen molar-refractivity contribution in [1.82, 2.24) is 0 Å². The van der Waals surface area contributed by atoms with Gasteiger partial charge in [-0.05, 0) is 12.1 Å². The zero-order chi connectivity index (χ0) is 11.5. The van der Waals surface area contributed by atoms with Gasteiger partial charge in [-0.25, -0.2) is 4.39 Å². The molecule has 0 bridgehead atoms. The molecule has 4 heteroatoms. The van der Waals surface area contributed by atoms with Crippen molar-refractivity contribution < 1.29 is 9.13 Å². The lowest BCUT2D eigenvalue weighted by atomic mass is 9.95. The highest BCUT2D eigenvalue weighted by Gasteiger charge is 2.17. The highest BCUT2D eigenvalue weighted by molar-refractivity contribution is 5.52. The summed E-state index contributed by atoms with van der Waals surface area (Å²) in [5, 5.41) is 0. The van der Waals surface area contributed by atoms with Gasteiger partial charge in [0.25, 0.3) is 0 Å². The molecule has 1 aromatic rings. The molecule has 0 radical (unpaired) electrons. The maximum Gasteiger partial charge on any atom is 0.145 e. The van der Waals surface area contributed by atoms with E-state index in [4.69, 9.17) is 16.2 Å².